The van der Waals surface area contributed by atoms with E-state index in [-0.39, 0.29) is 12.8 Å². The zero-order valence-corrected chi connectivity index (χ0v) is 6.93. The smallest absolute Gasteiger partial charge is 0.250 e. The molecule has 1 saturated heterocycles. The highest BCUT2D eigenvalue weighted by Gasteiger charge is 2.33. The molecule has 70 valence electrons. The Morgan fingerprint density at radius 2 is 1.92 bits per heavy atom. The number of carbonyl (C=O) groups excluding carboxylic acids is 1. The van der Waals surface area contributed by atoms with Crippen molar-refractivity contribution in [2.24, 2.45) is 0 Å². The fourth-order valence-electron chi connectivity index (χ4n) is 1.34. The van der Waals surface area contributed by atoms with E-state index >= 15 is 0 Å². The van der Waals surface area contributed by atoms with E-state index in [1.165, 1.54) is 0 Å². The first-order chi connectivity index (χ1) is 5.64. The molecule has 0 bridgehead atoms. The van der Waals surface area contributed by atoms with Crippen molar-refractivity contribution < 1.29 is 13.6 Å². The molecule has 1 rings (SSSR count). The van der Waals surface area contributed by atoms with Gasteiger partial charge in [-0.3, -0.25) is 0 Å². The molecule has 0 N–H and O–H groups in total. The molecule has 1 heterocycles. The van der Waals surface area contributed by atoms with Gasteiger partial charge < -0.3 is 9.69 Å². The Morgan fingerprint density at radius 1 is 1.33 bits per heavy atom. The zero-order valence-electron chi connectivity index (χ0n) is 6.93. The van der Waals surface area contributed by atoms with E-state index in [4.69, 9.17) is 0 Å². The molecule has 0 aliphatic carbocycles. The number of nitrogens with zero attached hydrogens (tertiary/aromatic N) is 1. The number of likely N-dealkylation sites (tertiary alicyclic amines) is 1. The lowest BCUT2D eigenvalue weighted by Crippen LogP contribution is -2.39. The van der Waals surface area contributed by atoms with E-state index in [9.17, 15) is 13.6 Å². The van der Waals surface area contributed by atoms with Gasteiger partial charge in [0.1, 0.15) is 6.29 Å². The first-order valence-electron chi connectivity index (χ1n) is 4.18. The molecule has 1 aliphatic heterocycles. The number of carbonyl (C=O) groups is 1. The van der Waals surface area contributed by atoms with Crippen LogP contribution in [0.2, 0.25) is 0 Å². The molecule has 0 spiro atoms. The van der Waals surface area contributed by atoms with Gasteiger partial charge in [-0.05, 0) is 0 Å². The second-order valence-electron chi connectivity index (χ2n) is 3.15. The maximum absolute atomic E-state index is 12.6. The molecule has 0 aromatic heterocycles. The third-order valence-electron chi connectivity index (χ3n) is 2.15. The second-order valence-corrected chi connectivity index (χ2v) is 3.15. The Kier molecular flexibility index (Phi) is 3.14. The molecule has 0 aromatic rings. The molecule has 1 fully saturated rings. The molecule has 0 saturated carbocycles. The molecule has 0 aromatic carbocycles. The summed E-state index contributed by atoms with van der Waals surface area (Å²) in [7, 11) is 0. The van der Waals surface area contributed by atoms with Crippen LogP contribution in [-0.4, -0.2) is 36.7 Å². The Bertz CT molecular complexity index is 151. The van der Waals surface area contributed by atoms with Crippen LogP contribution in [0.1, 0.15) is 19.3 Å². The Balaban J connectivity index is 2.22. The van der Waals surface area contributed by atoms with Crippen molar-refractivity contribution in [3.05, 3.63) is 0 Å². The summed E-state index contributed by atoms with van der Waals surface area (Å²) in [6.07, 6.45) is 1.15. The average Bonchev–Trinajstić information content (AvgIpc) is 2.03. The quantitative estimate of drug-likeness (QED) is 0.606. The van der Waals surface area contributed by atoms with Crippen LogP contribution in [0.25, 0.3) is 0 Å². The summed E-state index contributed by atoms with van der Waals surface area (Å²) in [5, 5.41) is 0. The van der Waals surface area contributed by atoms with Gasteiger partial charge in [0.15, 0.2) is 0 Å². The predicted octanol–water partition coefficient (Wildman–Crippen LogP) is 1.31. The van der Waals surface area contributed by atoms with Gasteiger partial charge in [0.05, 0.1) is 0 Å². The topological polar surface area (TPSA) is 20.3 Å². The number of aldehydes is 1. The Morgan fingerprint density at radius 3 is 2.42 bits per heavy atom. The minimum absolute atomic E-state index is 0.0636. The van der Waals surface area contributed by atoms with Crippen molar-refractivity contribution in [2.75, 3.05) is 19.6 Å². The standard InChI is InChI=1S/C8H13F2NO/c9-8(10)2-5-11(6-3-8)4-1-7-12/h7H,1-6H2. The van der Waals surface area contributed by atoms with Crippen LogP contribution in [0.5, 0.6) is 0 Å². The number of hydrogen-bond donors (Lipinski definition) is 0. The van der Waals surface area contributed by atoms with Gasteiger partial charge in [-0.1, -0.05) is 0 Å². The molecule has 0 amide bonds. The highest BCUT2D eigenvalue weighted by atomic mass is 19.3. The first-order valence-corrected chi connectivity index (χ1v) is 4.18. The van der Waals surface area contributed by atoms with Crippen molar-refractivity contribution in [1.29, 1.82) is 0 Å². The lowest BCUT2D eigenvalue weighted by Gasteiger charge is -2.31. The summed E-state index contributed by atoms with van der Waals surface area (Å²) < 4.78 is 25.2. The Labute approximate surface area is 70.5 Å². The van der Waals surface area contributed by atoms with E-state index in [0.29, 0.717) is 26.1 Å². The first kappa shape index (κ1) is 9.58. The second kappa shape index (κ2) is 3.94. The predicted molar refractivity (Wildman–Crippen MR) is 41.3 cm³/mol. The average molecular weight is 177 g/mol. The van der Waals surface area contributed by atoms with Gasteiger partial charge in [0.25, 0.3) is 5.92 Å². The van der Waals surface area contributed by atoms with E-state index < -0.39 is 5.92 Å². The van der Waals surface area contributed by atoms with E-state index in [1.807, 2.05) is 4.90 Å². The fourth-order valence-corrected chi connectivity index (χ4v) is 1.34. The number of hydrogen-bond acceptors (Lipinski definition) is 2. The van der Waals surface area contributed by atoms with Crippen molar-refractivity contribution >= 4 is 6.29 Å². The van der Waals surface area contributed by atoms with Gasteiger partial charge in [0, 0.05) is 38.9 Å². The van der Waals surface area contributed by atoms with Gasteiger partial charge in [0.2, 0.25) is 0 Å². The van der Waals surface area contributed by atoms with Crippen LogP contribution in [0, 0.1) is 0 Å². The summed E-state index contributed by atoms with van der Waals surface area (Å²) in [6, 6.07) is 0. The maximum atomic E-state index is 12.6. The molecule has 1 aliphatic rings. The zero-order chi connectivity index (χ0) is 9.03. The van der Waals surface area contributed by atoms with Crippen LogP contribution in [0.3, 0.4) is 0 Å². The minimum atomic E-state index is -2.47. The molecule has 2 nitrogen and oxygen atoms in total. The normalized spacial score (nSPS) is 23.8. The maximum Gasteiger partial charge on any atom is 0.250 e. The van der Waals surface area contributed by atoms with Crippen LogP contribution < -0.4 is 0 Å². The van der Waals surface area contributed by atoms with Gasteiger partial charge >= 0.3 is 0 Å². The monoisotopic (exact) mass is 177 g/mol. The fraction of sp³-hybridized carbons (Fsp3) is 0.875. The van der Waals surface area contributed by atoms with Crippen molar-refractivity contribution in [3.8, 4) is 0 Å². The molecule has 0 atom stereocenters. The van der Waals surface area contributed by atoms with Gasteiger partial charge in [-0.15, -0.1) is 0 Å². The molecular weight excluding hydrogens is 164 g/mol. The third kappa shape index (κ3) is 2.85. The number of piperidine rings is 1. The van der Waals surface area contributed by atoms with Gasteiger partial charge in [-0.25, -0.2) is 8.78 Å². The van der Waals surface area contributed by atoms with E-state index in [2.05, 4.69) is 0 Å². The summed E-state index contributed by atoms with van der Waals surface area (Å²) in [6.45, 7) is 1.46. The molecule has 0 radical (unpaired) electrons. The van der Waals surface area contributed by atoms with Crippen LogP contribution in [-0.2, 0) is 4.79 Å². The van der Waals surface area contributed by atoms with Crippen molar-refractivity contribution in [2.45, 2.75) is 25.2 Å². The van der Waals surface area contributed by atoms with Crippen molar-refractivity contribution in [1.82, 2.24) is 4.90 Å². The molecule has 4 heteroatoms. The SMILES string of the molecule is O=CCCN1CCC(F)(F)CC1. The summed E-state index contributed by atoms with van der Waals surface area (Å²) in [4.78, 5) is 11.9. The highest BCUT2D eigenvalue weighted by Crippen LogP contribution is 2.27. The highest BCUT2D eigenvalue weighted by molar-refractivity contribution is 5.49. The van der Waals surface area contributed by atoms with Crippen LogP contribution in [0.4, 0.5) is 8.78 Å². The van der Waals surface area contributed by atoms with E-state index in [1.54, 1.807) is 0 Å². The largest absolute Gasteiger partial charge is 0.303 e. The number of halogens is 2. The summed E-state index contributed by atoms with van der Waals surface area (Å²) >= 11 is 0. The van der Waals surface area contributed by atoms with E-state index in [0.717, 1.165) is 6.29 Å². The Hall–Kier alpha value is -0.510. The van der Waals surface area contributed by atoms with Crippen LogP contribution >= 0.6 is 0 Å². The van der Waals surface area contributed by atoms with Gasteiger partial charge in [-0.2, -0.15) is 0 Å². The number of alkyl halides is 2. The minimum Gasteiger partial charge on any atom is -0.303 e. The molecule has 12 heavy (non-hydrogen) atoms. The lowest BCUT2D eigenvalue weighted by molar-refractivity contribution is -0.108. The molecule has 0 unspecified atom stereocenters. The lowest BCUT2D eigenvalue weighted by atomic mass is 10.1. The summed E-state index contributed by atoms with van der Waals surface area (Å²) in [5.74, 6) is -2.47. The molecular formula is C8H13F2NO. The van der Waals surface area contributed by atoms with Crippen molar-refractivity contribution in [3.63, 3.8) is 0 Å². The third-order valence-corrected chi connectivity index (χ3v) is 2.15. The number of rotatable bonds is 3. The van der Waals surface area contributed by atoms with Crippen LogP contribution in [0.15, 0.2) is 0 Å². The summed E-state index contributed by atoms with van der Waals surface area (Å²) in [5.41, 5.74) is 0.